The van der Waals surface area contributed by atoms with Gasteiger partial charge in [0.2, 0.25) is 0 Å². The van der Waals surface area contributed by atoms with Crippen LogP contribution in [0.5, 0.6) is 0 Å². The summed E-state index contributed by atoms with van der Waals surface area (Å²) in [6.45, 7) is 1.67. The second-order valence-electron chi connectivity index (χ2n) is 1.05. The maximum absolute atomic E-state index is 6.91. The van der Waals surface area contributed by atoms with E-state index < -0.39 is 0 Å². The highest BCUT2D eigenvalue weighted by atomic mass is 15.1. The van der Waals surface area contributed by atoms with E-state index in [1.165, 1.54) is 0 Å². The van der Waals surface area contributed by atoms with Crippen molar-refractivity contribution >= 4 is 0 Å². The number of nitrogens with one attached hydrogen (secondary N) is 2. The third kappa shape index (κ3) is 0.597. The van der Waals surface area contributed by atoms with Gasteiger partial charge in [0.05, 0.1) is 1.37 Å². The van der Waals surface area contributed by atoms with Gasteiger partial charge in [-0.3, -0.25) is 0 Å². The average Bonchev–Trinajstić information content (AvgIpc) is 1.86. The van der Waals surface area contributed by atoms with Crippen LogP contribution in [0.2, 0.25) is 0 Å². The summed E-state index contributed by atoms with van der Waals surface area (Å²) in [6.07, 6.45) is 0. The van der Waals surface area contributed by atoms with Crippen LogP contribution in [0.1, 0.15) is 1.37 Å². The van der Waals surface area contributed by atoms with Gasteiger partial charge in [-0.2, -0.15) is 0 Å². The Kier molecular flexibility index (Phi) is 0.596. The van der Waals surface area contributed by atoms with Crippen LogP contribution < -0.4 is 10.6 Å². The molecule has 2 N–H and O–H groups in total. The van der Waals surface area contributed by atoms with Gasteiger partial charge in [-0.1, -0.05) is 0 Å². The molecule has 0 aliphatic carbocycles. The molecule has 1 fully saturated rings. The summed E-state index contributed by atoms with van der Waals surface area (Å²) in [4.78, 5) is 0. The molecular weight excluding hydrogens is 64.0 g/mol. The van der Waals surface area contributed by atoms with Gasteiger partial charge in [0.15, 0.2) is 0 Å². The topological polar surface area (TPSA) is 24.1 Å². The van der Waals surface area contributed by atoms with Crippen molar-refractivity contribution < 1.29 is 1.37 Å². The molecule has 2 heteroatoms. The summed E-state index contributed by atoms with van der Waals surface area (Å²) in [7, 11) is 0. The van der Waals surface area contributed by atoms with Crippen molar-refractivity contribution in [3.05, 3.63) is 0 Å². The van der Waals surface area contributed by atoms with Crippen molar-refractivity contribution in [2.45, 2.75) is 0 Å². The molecule has 1 rings (SSSR count). The minimum Gasteiger partial charge on any atom is -0.303 e. The number of rotatable bonds is 0. The monoisotopic (exact) mass is 73.1 g/mol. The van der Waals surface area contributed by atoms with Crippen molar-refractivity contribution in [3.63, 3.8) is 0 Å². The first-order valence-corrected chi connectivity index (χ1v) is 1.78. The maximum atomic E-state index is 6.91. The second kappa shape index (κ2) is 1.38. The summed E-state index contributed by atoms with van der Waals surface area (Å²) < 4.78 is 6.91. The first kappa shape index (κ1) is 2.16. The Labute approximate surface area is 33.0 Å². The van der Waals surface area contributed by atoms with Gasteiger partial charge in [-0.25, -0.2) is 0 Å². The fourth-order valence-corrected chi connectivity index (χ4v) is 0.361. The molecule has 0 amide bonds. The molecule has 0 aromatic carbocycles. The quantitative estimate of drug-likeness (QED) is 0.390. The third-order valence-corrected chi connectivity index (χ3v) is 0.618. The normalized spacial score (nSPS) is 30.8. The molecule has 0 radical (unpaired) electrons. The lowest BCUT2D eigenvalue weighted by atomic mass is 10.7. The molecule has 1 aliphatic rings. The minimum absolute atomic E-state index is 0.204. The standard InChI is InChI=1S/C3H8N2/c1-2-5-3-4-1/h4-5H,1-3H2/i3D. The highest BCUT2D eigenvalue weighted by Gasteiger charge is 1.90. The van der Waals surface area contributed by atoms with E-state index in [9.17, 15) is 0 Å². The van der Waals surface area contributed by atoms with Gasteiger partial charge < -0.3 is 10.6 Å². The van der Waals surface area contributed by atoms with E-state index >= 15 is 0 Å². The van der Waals surface area contributed by atoms with Crippen LogP contribution in [-0.4, -0.2) is 19.7 Å². The molecule has 0 bridgehead atoms. The zero-order chi connectivity index (χ0) is 4.41. The first-order valence-electron chi connectivity index (χ1n) is 2.36. The Bertz CT molecular complexity index is 42.1. The van der Waals surface area contributed by atoms with Crippen molar-refractivity contribution in [3.8, 4) is 0 Å². The van der Waals surface area contributed by atoms with Gasteiger partial charge >= 0.3 is 0 Å². The zero-order valence-electron chi connectivity index (χ0n) is 3.99. The minimum atomic E-state index is -0.204. The van der Waals surface area contributed by atoms with Crippen LogP contribution in [0.4, 0.5) is 0 Å². The van der Waals surface area contributed by atoms with Crippen molar-refractivity contribution in [2.24, 2.45) is 0 Å². The van der Waals surface area contributed by atoms with E-state index in [1.54, 1.807) is 0 Å². The van der Waals surface area contributed by atoms with E-state index in [0.717, 1.165) is 13.1 Å². The Hall–Kier alpha value is -0.0800. The highest BCUT2D eigenvalue weighted by molar-refractivity contribution is 4.55. The predicted molar refractivity (Wildman–Crippen MR) is 20.9 cm³/mol. The zero-order valence-corrected chi connectivity index (χ0v) is 2.99. The van der Waals surface area contributed by atoms with Gasteiger partial charge in [0.1, 0.15) is 0 Å². The lowest BCUT2D eigenvalue weighted by molar-refractivity contribution is 0.807. The molecule has 5 heavy (non-hydrogen) atoms. The highest BCUT2D eigenvalue weighted by Crippen LogP contribution is 1.62. The number of hydrogen-bond donors (Lipinski definition) is 2. The third-order valence-electron chi connectivity index (χ3n) is 0.618. The van der Waals surface area contributed by atoms with Gasteiger partial charge in [0, 0.05) is 19.7 Å². The largest absolute Gasteiger partial charge is 0.303 e. The van der Waals surface area contributed by atoms with Crippen LogP contribution in [-0.2, 0) is 0 Å². The van der Waals surface area contributed by atoms with Crippen LogP contribution in [0.3, 0.4) is 0 Å². The molecular formula is C3H8N2. The summed E-state index contributed by atoms with van der Waals surface area (Å²) >= 11 is 0. The molecule has 0 aromatic heterocycles. The van der Waals surface area contributed by atoms with E-state index in [1.807, 2.05) is 0 Å². The lowest BCUT2D eigenvalue weighted by Gasteiger charge is -1.77. The number of hydrogen-bond acceptors (Lipinski definition) is 2. The van der Waals surface area contributed by atoms with Crippen LogP contribution in [0, 0.1) is 0 Å². The van der Waals surface area contributed by atoms with E-state index in [2.05, 4.69) is 10.6 Å². The maximum Gasteiger partial charge on any atom is 0.0597 e. The fourth-order valence-electron chi connectivity index (χ4n) is 0.361. The molecule has 0 unspecified atom stereocenters. The van der Waals surface area contributed by atoms with E-state index in [-0.39, 0.29) is 6.64 Å². The van der Waals surface area contributed by atoms with Gasteiger partial charge in [-0.15, -0.1) is 0 Å². The summed E-state index contributed by atoms with van der Waals surface area (Å²) in [6, 6.07) is 0. The molecule has 0 atom stereocenters. The Balaban J connectivity index is 2.18. The fraction of sp³-hybridized carbons (Fsp3) is 1.00. The van der Waals surface area contributed by atoms with Crippen LogP contribution in [0.25, 0.3) is 0 Å². The van der Waals surface area contributed by atoms with Crippen molar-refractivity contribution in [2.75, 3.05) is 19.7 Å². The van der Waals surface area contributed by atoms with Crippen LogP contribution in [0.15, 0.2) is 0 Å². The summed E-state index contributed by atoms with van der Waals surface area (Å²) in [5.41, 5.74) is 0. The molecule has 0 spiro atoms. The van der Waals surface area contributed by atoms with Gasteiger partial charge in [0.25, 0.3) is 0 Å². The molecule has 1 saturated heterocycles. The van der Waals surface area contributed by atoms with E-state index in [4.69, 9.17) is 1.37 Å². The lowest BCUT2D eigenvalue weighted by Crippen LogP contribution is -2.11. The average molecular weight is 73.1 g/mol. The Morgan fingerprint density at radius 2 is 2.00 bits per heavy atom. The summed E-state index contributed by atoms with van der Waals surface area (Å²) in [5.74, 6) is 0. The smallest absolute Gasteiger partial charge is 0.0597 e. The molecule has 1 heterocycles. The van der Waals surface area contributed by atoms with Crippen LogP contribution >= 0.6 is 0 Å². The first-order chi connectivity index (χ1) is 2.89. The van der Waals surface area contributed by atoms with E-state index in [0.29, 0.717) is 0 Å². The predicted octanol–water partition coefficient (Wildman–Crippen LogP) is -0.863. The van der Waals surface area contributed by atoms with Crippen molar-refractivity contribution in [1.29, 1.82) is 0 Å². The molecule has 0 aromatic rings. The Morgan fingerprint density at radius 3 is 2.20 bits per heavy atom. The van der Waals surface area contributed by atoms with Crippen molar-refractivity contribution in [1.82, 2.24) is 10.6 Å². The summed E-state index contributed by atoms with van der Waals surface area (Å²) in [5, 5.41) is 5.75. The van der Waals surface area contributed by atoms with Gasteiger partial charge in [-0.05, 0) is 0 Å². The SMILES string of the molecule is [2H]C1NCCN1. The Morgan fingerprint density at radius 1 is 1.40 bits per heavy atom. The second-order valence-corrected chi connectivity index (χ2v) is 1.05. The molecule has 1 aliphatic heterocycles. The molecule has 0 saturated carbocycles. The molecule has 2 nitrogen and oxygen atoms in total. The molecule has 30 valence electrons.